The summed E-state index contributed by atoms with van der Waals surface area (Å²) in [6, 6.07) is 6.58. The maximum Gasteiger partial charge on any atom is 0.326 e. The fourth-order valence-corrected chi connectivity index (χ4v) is 3.03. The fraction of sp³-hybridized carbons (Fsp3) is 0.474. The molecule has 25 heavy (non-hydrogen) atoms. The average Bonchev–Trinajstić information content (AvgIpc) is 2.85. The number of rotatable bonds is 6. The number of carboxylic acid groups (broad SMARTS) is 1. The lowest BCUT2D eigenvalue weighted by atomic mass is 9.86. The number of hydrogen-bond acceptors (Lipinski definition) is 3. The van der Waals surface area contributed by atoms with Crippen LogP contribution in [-0.2, 0) is 23.1 Å². The minimum Gasteiger partial charge on any atom is -0.480 e. The Bertz CT molecular complexity index is 774. The summed E-state index contributed by atoms with van der Waals surface area (Å²) >= 11 is 0. The molecule has 1 amide bonds. The molecule has 1 aromatic carbocycles. The van der Waals surface area contributed by atoms with E-state index in [1.54, 1.807) is 27.8 Å². The Morgan fingerprint density at radius 2 is 1.88 bits per heavy atom. The highest BCUT2D eigenvalue weighted by molar-refractivity contribution is 5.89. The van der Waals surface area contributed by atoms with E-state index in [0.717, 1.165) is 16.5 Å². The smallest absolute Gasteiger partial charge is 0.326 e. The summed E-state index contributed by atoms with van der Waals surface area (Å²) < 4.78 is 2.03. The first-order valence-electron chi connectivity index (χ1n) is 8.38. The van der Waals surface area contributed by atoms with Crippen LogP contribution < -0.4 is 10.6 Å². The van der Waals surface area contributed by atoms with E-state index < -0.39 is 23.5 Å². The Morgan fingerprint density at radius 3 is 2.44 bits per heavy atom. The lowest BCUT2D eigenvalue weighted by Crippen LogP contribution is -2.54. The molecule has 0 aliphatic heterocycles. The third kappa shape index (κ3) is 4.20. The first-order valence-corrected chi connectivity index (χ1v) is 8.38. The van der Waals surface area contributed by atoms with Crippen molar-refractivity contribution in [3.63, 3.8) is 0 Å². The number of amides is 1. The maximum absolute atomic E-state index is 12.6. The summed E-state index contributed by atoms with van der Waals surface area (Å²) in [7, 11) is 3.68. The Morgan fingerprint density at radius 1 is 1.24 bits per heavy atom. The fourth-order valence-electron chi connectivity index (χ4n) is 3.03. The lowest BCUT2D eigenvalue weighted by Gasteiger charge is -2.29. The molecule has 6 nitrogen and oxygen atoms in total. The molecule has 0 aliphatic rings. The van der Waals surface area contributed by atoms with E-state index in [0.29, 0.717) is 6.42 Å². The van der Waals surface area contributed by atoms with Crippen LogP contribution in [0.5, 0.6) is 0 Å². The summed E-state index contributed by atoms with van der Waals surface area (Å²) in [5.74, 6) is -1.33. The van der Waals surface area contributed by atoms with Gasteiger partial charge in [0.2, 0.25) is 5.91 Å². The van der Waals surface area contributed by atoms with Gasteiger partial charge in [-0.2, -0.15) is 0 Å². The minimum atomic E-state index is -1.03. The van der Waals surface area contributed by atoms with Gasteiger partial charge in [0.1, 0.15) is 6.04 Å². The van der Waals surface area contributed by atoms with E-state index >= 15 is 0 Å². The zero-order chi connectivity index (χ0) is 18.8. The molecule has 0 spiro atoms. The molecule has 2 atom stereocenters. The molecule has 6 heteroatoms. The van der Waals surface area contributed by atoms with E-state index in [9.17, 15) is 14.7 Å². The predicted molar refractivity (Wildman–Crippen MR) is 98.5 cm³/mol. The van der Waals surface area contributed by atoms with Gasteiger partial charge in [-0.05, 0) is 30.5 Å². The first kappa shape index (κ1) is 19.0. The first-order chi connectivity index (χ1) is 11.6. The van der Waals surface area contributed by atoms with Crippen LogP contribution >= 0.6 is 0 Å². The topological polar surface area (TPSA) is 83.4 Å². The molecule has 1 heterocycles. The highest BCUT2D eigenvalue weighted by Crippen LogP contribution is 2.22. The minimum absolute atomic E-state index is 0.308. The number of likely N-dealkylation sites (N-methyl/N-ethyl adjacent to an activating group) is 1. The quantitative estimate of drug-likeness (QED) is 0.747. The van der Waals surface area contributed by atoms with Crippen LogP contribution in [0.2, 0.25) is 0 Å². The molecule has 2 aromatic rings. The number of benzene rings is 1. The van der Waals surface area contributed by atoms with Crippen LogP contribution in [0.4, 0.5) is 0 Å². The van der Waals surface area contributed by atoms with Crippen molar-refractivity contribution in [2.45, 2.75) is 39.3 Å². The molecule has 2 rings (SSSR count). The summed E-state index contributed by atoms with van der Waals surface area (Å²) in [5.41, 5.74) is 1.58. The zero-order valence-corrected chi connectivity index (χ0v) is 15.5. The number of carboxylic acids is 1. The van der Waals surface area contributed by atoms with E-state index in [2.05, 4.69) is 10.6 Å². The zero-order valence-electron chi connectivity index (χ0n) is 15.5. The monoisotopic (exact) mass is 345 g/mol. The molecule has 0 saturated heterocycles. The molecular formula is C19H27N3O3. The molecule has 0 radical (unpaired) electrons. The highest BCUT2D eigenvalue weighted by atomic mass is 16.4. The summed E-state index contributed by atoms with van der Waals surface area (Å²) in [6.07, 6.45) is 2.50. The third-order valence-electron chi connectivity index (χ3n) is 4.47. The number of carbonyl (C=O) groups excluding carboxylic acids is 1. The number of aromatic nitrogens is 1. The molecule has 1 aromatic heterocycles. The predicted octanol–water partition coefficient (Wildman–Crippen LogP) is 1.92. The van der Waals surface area contributed by atoms with Crippen molar-refractivity contribution in [1.82, 2.24) is 15.2 Å². The summed E-state index contributed by atoms with van der Waals surface area (Å²) in [5, 5.41) is 16.2. The van der Waals surface area contributed by atoms with Gasteiger partial charge in [-0.25, -0.2) is 4.79 Å². The van der Waals surface area contributed by atoms with Crippen LogP contribution in [0, 0.1) is 5.41 Å². The van der Waals surface area contributed by atoms with Crippen LogP contribution in [0.3, 0.4) is 0 Å². The number of para-hydroxylation sites is 1. The number of aliphatic carboxylic acids is 1. The van der Waals surface area contributed by atoms with E-state index in [1.807, 2.05) is 42.1 Å². The van der Waals surface area contributed by atoms with Gasteiger partial charge in [0.25, 0.3) is 0 Å². The largest absolute Gasteiger partial charge is 0.480 e. The number of fused-ring (bicyclic) bond motifs is 1. The van der Waals surface area contributed by atoms with Gasteiger partial charge in [-0.15, -0.1) is 0 Å². The second-order valence-electron chi connectivity index (χ2n) is 7.47. The lowest BCUT2D eigenvalue weighted by molar-refractivity contribution is -0.145. The second-order valence-corrected chi connectivity index (χ2v) is 7.47. The molecule has 3 N–H and O–H groups in total. The van der Waals surface area contributed by atoms with Crippen molar-refractivity contribution in [2.75, 3.05) is 7.05 Å². The van der Waals surface area contributed by atoms with Gasteiger partial charge >= 0.3 is 5.97 Å². The van der Waals surface area contributed by atoms with Crippen molar-refractivity contribution < 1.29 is 14.7 Å². The van der Waals surface area contributed by atoms with E-state index in [-0.39, 0.29) is 5.91 Å². The van der Waals surface area contributed by atoms with E-state index in [1.165, 1.54) is 0 Å². The van der Waals surface area contributed by atoms with E-state index in [4.69, 9.17) is 0 Å². The van der Waals surface area contributed by atoms with Gasteiger partial charge in [-0.1, -0.05) is 39.0 Å². The number of aryl methyl sites for hydroxylation is 1. The number of nitrogens with zero attached hydrogens (tertiary/aromatic N) is 1. The van der Waals surface area contributed by atoms with Crippen molar-refractivity contribution >= 4 is 22.8 Å². The average molecular weight is 345 g/mol. The van der Waals surface area contributed by atoms with Gasteiger partial charge < -0.3 is 20.3 Å². The van der Waals surface area contributed by atoms with Crippen LogP contribution in [-0.4, -0.2) is 40.7 Å². The van der Waals surface area contributed by atoms with Crippen LogP contribution in [0.1, 0.15) is 26.3 Å². The highest BCUT2D eigenvalue weighted by Gasteiger charge is 2.34. The van der Waals surface area contributed by atoms with Gasteiger partial charge in [0, 0.05) is 24.1 Å². The summed E-state index contributed by atoms with van der Waals surface area (Å²) in [4.78, 5) is 24.1. The molecule has 2 unspecified atom stereocenters. The maximum atomic E-state index is 12.6. The van der Waals surface area contributed by atoms with Gasteiger partial charge in [0.05, 0.1) is 6.04 Å². The standard InChI is InChI=1S/C19H27N3O3/c1-19(2,3)16(18(24)25)21-17(23)14(20-4)10-12-11-22(5)15-9-7-6-8-13(12)15/h6-9,11,14,16,20H,10H2,1-5H3,(H,21,23)(H,24,25). The number of carbonyl (C=O) groups is 2. The molecule has 0 fully saturated rings. The Kier molecular flexibility index (Phi) is 5.52. The molecule has 0 aliphatic carbocycles. The van der Waals surface area contributed by atoms with Crippen LogP contribution in [0.25, 0.3) is 10.9 Å². The van der Waals surface area contributed by atoms with Gasteiger partial charge in [0.15, 0.2) is 0 Å². The van der Waals surface area contributed by atoms with Crippen molar-refractivity contribution in [3.8, 4) is 0 Å². The molecule has 0 saturated carbocycles. The Hall–Kier alpha value is -2.34. The summed E-state index contributed by atoms with van der Waals surface area (Å²) in [6.45, 7) is 5.39. The second kappa shape index (κ2) is 7.27. The van der Waals surface area contributed by atoms with Crippen LogP contribution in [0.15, 0.2) is 30.5 Å². The number of hydrogen-bond donors (Lipinski definition) is 3. The molecular weight excluding hydrogens is 318 g/mol. The Labute approximate surface area is 148 Å². The molecule has 0 bridgehead atoms. The Balaban J connectivity index is 2.21. The van der Waals surface area contributed by atoms with Crippen molar-refractivity contribution in [1.29, 1.82) is 0 Å². The third-order valence-corrected chi connectivity index (χ3v) is 4.47. The van der Waals surface area contributed by atoms with Crippen molar-refractivity contribution in [3.05, 3.63) is 36.0 Å². The molecule has 136 valence electrons. The van der Waals surface area contributed by atoms with Gasteiger partial charge in [-0.3, -0.25) is 4.79 Å². The normalized spacial score (nSPS) is 14.3. The van der Waals surface area contributed by atoms with Crippen molar-refractivity contribution in [2.24, 2.45) is 12.5 Å². The number of nitrogens with one attached hydrogen (secondary N) is 2. The SMILES string of the molecule is CNC(Cc1cn(C)c2ccccc12)C(=O)NC(C(=O)O)C(C)(C)C.